The third-order valence-electron chi connectivity index (χ3n) is 11.4. The van der Waals surface area contributed by atoms with Crippen LogP contribution in [0.2, 0.25) is 0 Å². The number of carbonyl (C=O) groups is 5. The van der Waals surface area contributed by atoms with Crippen LogP contribution in [0.1, 0.15) is 79.6 Å². The highest BCUT2D eigenvalue weighted by Crippen LogP contribution is 2.65. The van der Waals surface area contributed by atoms with E-state index in [9.17, 15) is 32.4 Å². The molecule has 0 aromatic carbocycles. The van der Waals surface area contributed by atoms with Crippen molar-refractivity contribution in [2.24, 2.45) is 28.6 Å². The summed E-state index contributed by atoms with van der Waals surface area (Å²) in [5, 5.41) is 11.0. The van der Waals surface area contributed by atoms with Crippen LogP contribution in [0.4, 0.5) is 4.79 Å². The Balaban J connectivity index is 1.56. The summed E-state index contributed by atoms with van der Waals surface area (Å²) < 4.78 is 27.7. The second kappa shape index (κ2) is 17.5. The molecule has 54 heavy (non-hydrogen) atoms. The Hall–Kier alpha value is -4.29. The zero-order valence-corrected chi connectivity index (χ0v) is 33.2. The third-order valence-corrected chi connectivity index (χ3v) is 13.1. The number of terminal acetylenes is 1. The molecular weight excluding hydrogens is 711 g/mol. The highest BCUT2D eigenvalue weighted by molar-refractivity contribution is 7.89. The third kappa shape index (κ3) is 9.68. The molecule has 296 valence electrons. The number of sulfonamides is 1. The van der Waals surface area contributed by atoms with Crippen LogP contribution in [0, 0.1) is 40.9 Å². The van der Waals surface area contributed by atoms with Crippen molar-refractivity contribution in [1.29, 1.82) is 0 Å². The summed E-state index contributed by atoms with van der Waals surface area (Å²) in [4.78, 5) is 73.9. The molecule has 2 saturated carbocycles. The monoisotopic (exact) mass is 767 g/mol. The maximum absolute atomic E-state index is 14.7. The molecule has 0 bridgehead atoms. The molecule has 1 aromatic heterocycles. The van der Waals surface area contributed by atoms with Crippen LogP contribution in [0.15, 0.2) is 42.1 Å². The van der Waals surface area contributed by atoms with Crippen molar-refractivity contribution in [3.8, 4) is 12.3 Å². The number of nitrogens with one attached hydrogen (secondary N) is 4. The topological polar surface area (TPSA) is 187 Å². The van der Waals surface area contributed by atoms with Gasteiger partial charge in [-0.3, -0.25) is 19.2 Å². The van der Waals surface area contributed by atoms with Gasteiger partial charge in [-0.2, -0.15) is 4.31 Å². The zero-order valence-electron chi connectivity index (χ0n) is 32.4. The highest BCUT2D eigenvalue weighted by Gasteiger charge is 2.69. The summed E-state index contributed by atoms with van der Waals surface area (Å²) in [6.45, 7) is 13.6. The number of aromatic nitrogens is 1. The van der Waals surface area contributed by atoms with Gasteiger partial charge >= 0.3 is 6.03 Å². The lowest BCUT2D eigenvalue weighted by Gasteiger charge is -2.38. The van der Waals surface area contributed by atoms with E-state index in [-0.39, 0.29) is 54.1 Å². The normalized spacial score (nSPS) is 22.5. The van der Waals surface area contributed by atoms with Gasteiger partial charge in [0.25, 0.3) is 15.9 Å². The van der Waals surface area contributed by atoms with E-state index in [1.807, 2.05) is 34.6 Å². The highest BCUT2D eigenvalue weighted by atomic mass is 32.2. The first-order chi connectivity index (χ1) is 25.4. The van der Waals surface area contributed by atoms with E-state index >= 15 is 0 Å². The van der Waals surface area contributed by atoms with E-state index in [0.717, 1.165) is 23.6 Å². The van der Waals surface area contributed by atoms with Crippen LogP contribution in [0.5, 0.6) is 0 Å². The van der Waals surface area contributed by atoms with Gasteiger partial charge in [0.1, 0.15) is 12.1 Å². The first kappa shape index (κ1) is 42.5. The Morgan fingerprint density at radius 3 is 2.39 bits per heavy atom. The minimum Gasteiger partial charge on any atom is -0.346 e. The predicted molar refractivity (Wildman–Crippen MR) is 204 cm³/mol. The van der Waals surface area contributed by atoms with Crippen molar-refractivity contribution in [3.63, 3.8) is 0 Å². The van der Waals surface area contributed by atoms with E-state index in [2.05, 4.69) is 38.8 Å². The van der Waals surface area contributed by atoms with E-state index in [4.69, 9.17) is 6.42 Å². The maximum Gasteiger partial charge on any atom is 0.315 e. The molecule has 4 rings (SSSR count). The molecule has 15 heteroatoms. The van der Waals surface area contributed by atoms with Crippen LogP contribution in [0.25, 0.3) is 0 Å². The number of likely N-dealkylation sites (tertiary alicyclic amines) is 1. The predicted octanol–water partition coefficient (Wildman–Crippen LogP) is 2.62. The number of amides is 5. The molecule has 4 N–H and O–H groups in total. The molecule has 1 aromatic rings. The van der Waals surface area contributed by atoms with Crippen LogP contribution >= 0.6 is 0 Å². The lowest BCUT2D eigenvalue weighted by Crippen LogP contribution is -2.61. The molecule has 1 aliphatic heterocycles. The number of likely N-dealkylation sites (N-methyl/N-ethyl adjacent to an activating group) is 1. The molecule has 5 amide bonds. The number of rotatable bonds is 16. The minimum absolute atomic E-state index is 0.0237. The van der Waals surface area contributed by atoms with Crippen LogP contribution in [-0.4, -0.2) is 103 Å². The van der Waals surface area contributed by atoms with Gasteiger partial charge in [-0.25, -0.2) is 18.2 Å². The van der Waals surface area contributed by atoms with E-state index in [1.165, 1.54) is 30.3 Å². The zero-order chi connectivity index (χ0) is 40.0. The van der Waals surface area contributed by atoms with Crippen molar-refractivity contribution in [3.05, 3.63) is 37.1 Å². The maximum atomic E-state index is 14.7. The molecule has 1 saturated heterocycles. The van der Waals surface area contributed by atoms with Crippen molar-refractivity contribution in [1.82, 2.24) is 35.5 Å². The van der Waals surface area contributed by atoms with Gasteiger partial charge in [0, 0.05) is 45.3 Å². The first-order valence-corrected chi connectivity index (χ1v) is 20.2. The number of carbonyl (C=O) groups excluding carboxylic acids is 5. The SMILES string of the molecule is C#CCCC(NC(=O)[C@@H]1[C@@H]2[C@H](CN1C(=O)[C@@H](NC(=O)N[C@H](CN(C)S(=O)(=O)c1ccccn1)C(C)(C)C)C1CCCCC1)C2(C)C)C(=O)C(=O)NCC=C. The summed E-state index contributed by atoms with van der Waals surface area (Å²) in [5.41, 5.74) is -0.832. The number of piperidine rings is 1. The largest absolute Gasteiger partial charge is 0.346 e. The molecule has 0 radical (unpaired) electrons. The molecule has 6 atom stereocenters. The van der Waals surface area contributed by atoms with Gasteiger partial charge in [0.2, 0.25) is 17.6 Å². The van der Waals surface area contributed by atoms with Crippen molar-refractivity contribution < 1.29 is 32.4 Å². The summed E-state index contributed by atoms with van der Waals surface area (Å²) in [6.07, 6.45) is 12.7. The number of urea groups is 1. The van der Waals surface area contributed by atoms with E-state index in [0.29, 0.717) is 19.4 Å². The number of Topliss-reactive ketones (excluding diaryl/α,β-unsaturated/α-hetero) is 1. The van der Waals surface area contributed by atoms with Gasteiger partial charge in [0.15, 0.2) is 5.03 Å². The van der Waals surface area contributed by atoms with Crippen molar-refractivity contribution in [2.45, 2.75) is 109 Å². The van der Waals surface area contributed by atoms with E-state index in [1.54, 1.807) is 12.1 Å². The standard InChI is InChI=1S/C39H57N7O7S/c1-9-11-19-27(33(47)35(49)41-21-10-2)42-34(48)32-30-26(39(30,6)7)23-46(32)36(50)31(25-17-13-12-14-18-25)44-37(51)43-28(38(3,4)5)24-45(8)54(52,53)29-20-15-16-22-40-29/h1,10,15-16,20,22,25-28,30-32H,2,11-14,17-19,21,23-24H2,3-8H3,(H,41,49)(H,42,48)(H2,43,44,51)/t26-,27?,28+,30-,31-,32-/m0/s1. The molecule has 2 aliphatic carbocycles. The van der Waals surface area contributed by atoms with Gasteiger partial charge in [-0.15, -0.1) is 18.9 Å². The Labute approximate surface area is 320 Å². The molecule has 0 spiro atoms. The van der Waals surface area contributed by atoms with E-state index < -0.39 is 69.1 Å². The van der Waals surface area contributed by atoms with Gasteiger partial charge in [0.05, 0.1) is 6.04 Å². The fourth-order valence-corrected chi connectivity index (χ4v) is 9.01. The second-order valence-electron chi connectivity index (χ2n) is 16.4. The van der Waals surface area contributed by atoms with Crippen molar-refractivity contribution in [2.75, 3.05) is 26.7 Å². The average molecular weight is 768 g/mol. The summed E-state index contributed by atoms with van der Waals surface area (Å²) in [6, 6.07) is 0.248. The molecule has 2 heterocycles. The Kier molecular flexibility index (Phi) is 13.7. The van der Waals surface area contributed by atoms with Gasteiger partial charge in [-0.1, -0.05) is 66.0 Å². The number of hydrogen-bond donors (Lipinski definition) is 4. The number of fused-ring (bicyclic) bond motifs is 1. The number of hydrogen-bond acceptors (Lipinski definition) is 8. The fourth-order valence-electron chi connectivity index (χ4n) is 7.90. The Morgan fingerprint density at radius 1 is 1.11 bits per heavy atom. The Bertz CT molecular complexity index is 1710. The fraction of sp³-hybridized carbons (Fsp3) is 0.641. The smallest absolute Gasteiger partial charge is 0.315 e. The first-order valence-electron chi connectivity index (χ1n) is 18.8. The lowest BCUT2D eigenvalue weighted by molar-refractivity contribution is -0.144. The van der Waals surface area contributed by atoms with Gasteiger partial charge < -0.3 is 26.2 Å². The molecule has 1 unspecified atom stereocenters. The number of ketones is 1. The average Bonchev–Trinajstić information content (AvgIpc) is 3.43. The number of pyridine rings is 1. The quantitative estimate of drug-likeness (QED) is 0.112. The second-order valence-corrected chi connectivity index (χ2v) is 18.4. The van der Waals surface area contributed by atoms with Crippen LogP contribution in [-0.2, 0) is 29.2 Å². The minimum atomic E-state index is -3.95. The molecule has 3 fully saturated rings. The molecule has 14 nitrogen and oxygen atoms in total. The summed E-state index contributed by atoms with van der Waals surface area (Å²) >= 11 is 0. The summed E-state index contributed by atoms with van der Waals surface area (Å²) in [7, 11) is -2.52. The molecule has 3 aliphatic rings. The number of nitrogens with zero attached hydrogens (tertiary/aromatic N) is 3. The van der Waals surface area contributed by atoms with Crippen LogP contribution in [0.3, 0.4) is 0 Å². The van der Waals surface area contributed by atoms with Crippen LogP contribution < -0.4 is 21.3 Å². The lowest BCUT2D eigenvalue weighted by atomic mass is 9.83. The van der Waals surface area contributed by atoms with Gasteiger partial charge in [-0.05, 0) is 60.0 Å². The van der Waals surface area contributed by atoms with Crippen molar-refractivity contribution >= 4 is 39.6 Å². The Morgan fingerprint density at radius 2 is 1.80 bits per heavy atom. The summed E-state index contributed by atoms with van der Waals surface area (Å²) in [5.74, 6) is -0.558. The molecular formula is C39H57N7O7S.